The Kier molecular flexibility index (Phi) is 14.3. The van der Waals surface area contributed by atoms with Crippen LogP contribution in [0.4, 0.5) is 5.69 Å². The quantitative estimate of drug-likeness (QED) is 0.0813. The van der Waals surface area contributed by atoms with Crippen molar-refractivity contribution in [3.05, 3.63) is 62.7 Å². The maximum Gasteiger partial charge on any atom is 0.339 e. The summed E-state index contributed by atoms with van der Waals surface area (Å²) in [6, 6.07) is 6.56. The molecule has 0 aliphatic heterocycles. The first-order valence-corrected chi connectivity index (χ1v) is 23.4. The first-order chi connectivity index (χ1) is 22.8. The fourth-order valence-corrected chi connectivity index (χ4v) is 7.25. The number of carbonyl (C=O) groups excluding carboxylic acids is 3. The first kappa shape index (κ1) is 42.8. The number of non-ortho nitro benzene ring substituents is 1. The van der Waals surface area contributed by atoms with Crippen LogP contribution in [0.25, 0.3) is 0 Å². The Bertz CT molecular complexity index is 1550. The molecule has 50 heavy (non-hydrogen) atoms. The van der Waals surface area contributed by atoms with Gasteiger partial charge in [0.1, 0.15) is 30.3 Å². The van der Waals surface area contributed by atoms with Gasteiger partial charge in [-0.1, -0.05) is 41.5 Å². The van der Waals surface area contributed by atoms with E-state index in [9.17, 15) is 29.6 Å². The van der Waals surface area contributed by atoms with Crippen molar-refractivity contribution in [2.75, 3.05) is 12.9 Å². The number of nitrogens with zero attached hydrogens (tertiary/aromatic N) is 1. The summed E-state index contributed by atoms with van der Waals surface area (Å²) < 4.78 is 24.4. The minimum atomic E-state index is -2.49. The van der Waals surface area contributed by atoms with Gasteiger partial charge in [0.25, 0.3) is 5.69 Å². The molecule has 278 valence electrons. The molecule has 1 amide bonds. The minimum Gasteiger partial charge on any atom is -0.543 e. The molecule has 0 aromatic heterocycles. The molecular formula is C35H54N2O10SSi2. The number of nitro groups is 1. The van der Waals surface area contributed by atoms with Gasteiger partial charge < -0.3 is 28.7 Å². The fraction of sp³-hybridized carbons (Fsp3) is 0.571. The van der Waals surface area contributed by atoms with E-state index in [1.165, 1.54) is 50.1 Å². The predicted molar refractivity (Wildman–Crippen MR) is 201 cm³/mol. The number of methoxy groups -OCH3 is 1. The van der Waals surface area contributed by atoms with Crippen LogP contribution in [0.15, 0.2) is 30.3 Å². The number of nitro benzene ring substituents is 1. The van der Waals surface area contributed by atoms with Crippen LogP contribution < -0.4 is 14.2 Å². The highest BCUT2D eigenvalue weighted by Crippen LogP contribution is 2.45. The van der Waals surface area contributed by atoms with E-state index in [0.717, 1.165) is 0 Å². The third kappa shape index (κ3) is 11.0. The number of esters is 2. The van der Waals surface area contributed by atoms with E-state index in [0.29, 0.717) is 28.2 Å². The predicted octanol–water partition coefficient (Wildman–Crippen LogP) is 7.30. The lowest BCUT2D eigenvalue weighted by Crippen LogP contribution is -2.46. The molecule has 0 aliphatic carbocycles. The topological polar surface area (TPSA) is 164 Å². The molecule has 0 aliphatic rings. The number of ether oxygens (including phenoxy) is 2. The van der Waals surface area contributed by atoms with E-state index < -0.39 is 51.5 Å². The van der Waals surface area contributed by atoms with E-state index in [2.05, 4.69) is 73.0 Å². The van der Waals surface area contributed by atoms with Gasteiger partial charge in [-0.25, -0.2) is 9.59 Å². The number of amides is 1. The zero-order valence-electron chi connectivity index (χ0n) is 31.6. The zero-order chi connectivity index (χ0) is 38.4. The largest absolute Gasteiger partial charge is 0.543 e. The van der Waals surface area contributed by atoms with Crippen molar-refractivity contribution >= 4 is 51.9 Å². The van der Waals surface area contributed by atoms with Crippen molar-refractivity contribution in [3.8, 4) is 11.5 Å². The fourth-order valence-electron chi connectivity index (χ4n) is 4.08. The number of nitrogens with one attached hydrogen (secondary N) is 1. The highest BCUT2D eigenvalue weighted by atomic mass is 32.2. The van der Waals surface area contributed by atoms with E-state index in [4.69, 9.17) is 18.3 Å². The third-order valence-electron chi connectivity index (χ3n) is 9.38. The summed E-state index contributed by atoms with van der Waals surface area (Å²) in [5.41, 5.74) is 1.85. The van der Waals surface area contributed by atoms with Gasteiger partial charge in [0.15, 0.2) is 0 Å². The average Bonchev–Trinajstić information content (AvgIpc) is 2.99. The molecule has 0 fully saturated rings. The summed E-state index contributed by atoms with van der Waals surface area (Å²) >= 11 is 1.28. The van der Waals surface area contributed by atoms with Gasteiger partial charge >= 0.3 is 11.9 Å². The summed E-state index contributed by atoms with van der Waals surface area (Å²) in [4.78, 5) is 49.6. The Morgan fingerprint density at radius 3 is 1.94 bits per heavy atom. The normalized spacial score (nSPS) is 13.6. The van der Waals surface area contributed by atoms with Gasteiger partial charge in [0.2, 0.25) is 22.5 Å². The second-order valence-electron chi connectivity index (χ2n) is 15.4. The lowest BCUT2D eigenvalue weighted by Gasteiger charge is -2.39. The summed E-state index contributed by atoms with van der Waals surface area (Å²) in [5, 5.41) is 23.0. The summed E-state index contributed by atoms with van der Waals surface area (Å²) in [6.07, 6.45) is -1.33. The van der Waals surface area contributed by atoms with Crippen molar-refractivity contribution in [2.24, 2.45) is 0 Å². The van der Waals surface area contributed by atoms with Crippen LogP contribution in [-0.4, -0.2) is 69.5 Å². The standard InChI is InChI=1S/C35H54N2O10SSi2/c1-22-28(46-49(10,11)34(3,4)5)18-29(47-50(12,13)35(6,7)8)26(20-48-21-27(32(40)44-9)36-31(39)23(2)38)30(22)33(41)45-19-24-14-16-25(17-15-24)37(42)43/h14-18,23,27,38H,19-21H2,1-13H3,(H,36,39)/t23-,27-/m0/s1. The Labute approximate surface area is 302 Å². The van der Waals surface area contributed by atoms with Crippen LogP contribution in [0.1, 0.15) is 75.5 Å². The van der Waals surface area contributed by atoms with Crippen molar-refractivity contribution in [1.29, 1.82) is 0 Å². The molecule has 2 aromatic rings. The molecule has 0 unspecified atom stereocenters. The number of benzene rings is 2. The molecule has 0 saturated heterocycles. The number of carbonyl (C=O) groups is 3. The molecule has 2 aromatic carbocycles. The highest BCUT2D eigenvalue weighted by molar-refractivity contribution is 7.98. The first-order valence-electron chi connectivity index (χ1n) is 16.4. The van der Waals surface area contributed by atoms with Gasteiger partial charge in [0, 0.05) is 40.8 Å². The molecule has 0 heterocycles. The van der Waals surface area contributed by atoms with Gasteiger partial charge in [-0.2, -0.15) is 11.8 Å². The Morgan fingerprint density at radius 2 is 1.48 bits per heavy atom. The van der Waals surface area contributed by atoms with Crippen LogP contribution in [0.2, 0.25) is 36.3 Å². The number of hydrogen-bond donors (Lipinski definition) is 2. The van der Waals surface area contributed by atoms with Crippen molar-refractivity contribution in [2.45, 2.75) is 116 Å². The highest BCUT2D eigenvalue weighted by Gasteiger charge is 2.42. The Balaban J connectivity index is 2.73. The van der Waals surface area contributed by atoms with Gasteiger partial charge in [-0.05, 0) is 67.8 Å². The summed E-state index contributed by atoms with van der Waals surface area (Å²) in [5.74, 6) is -0.799. The van der Waals surface area contributed by atoms with E-state index >= 15 is 0 Å². The molecule has 0 saturated carbocycles. The second kappa shape index (κ2) is 16.7. The summed E-state index contributed by atoms with van der Waals surface area (Å²) in [7, 11) is -3.69. The lowest BCUT2D eigenvalue weighted by molar-refractivity contribution is -0.384. The maximum absolute atomic E-state index is 14.1. The van der Waals surface area contributed by atoms with Crippen LogP contribution >= 0.6 is 11.8 Å². The SMILES string of the molecule is COC(=O)[C@H](CSCc1c(O[Si](C)(C)C(C)(C)C)cc(O[Si](C)(C)C(C)(C)C)c(C)c1C(=O)OCc1ccc([N+](=O)[O-])cc1)NC(=O)[C@H](C)O. The van der Waals surface area contributed by atoms with E-state index in [1.807, 2.05) is 6.07 Å². The Hall–Kier alpha value is -3.41. The lowest BCUT2D eigenvalue weighted by atomic mass is 10.0. The van der Waals surface area contributed by atoms with Gasteiger partial charge in [0.05, 0.1) is 17.6 Å². The molecule has 15 heteroatoms. The average molecular weight is 751 g/mol. The third-order valence-corrected chi connectivity index (χ3v) is 19.1. The summed E-state index contributed by atoms with van der Waals surface area (Å²) in [6.45, 7) is 24.1. The zero-order valence-corrected chi connectivity index (χ0v) is 34.5. The van der Waals surface area contributed by atoms with Crippen molar-refractivity contribution < 1.29 is 42.7 Å². The molecule has 0 spiro atoms. The van der Waals surface area contributed by atoms with E-state index in [1.54, 1.807) is 6.92 Å². The second-order valence-corrected chi connectivity index (χ2v) is 25.8. The molecule has 2 N–H and O–H groups in total. The van der Waals surface area contributed by atoms with E-state index in [-0.39, 0.29) is 39.4 Å². The van der Waals surface area contributed by atoms with Gasteiger partial charge in [-0.15, -0.1) is 0 Å². The van der Waals surface area contributed by atoms with Crippen LogP contribution in [0.5, 0.6) is 11.5 Å². The molecule has 0 bridgehead atoms. The molecule has 2 rings (SSSR count). The monoisotopic (exact) mass is 750 g/mol. The molecule has 0 radical (unpaired) electrons. The molecular weight excluding hydrogens is 697 g/mol. The number of thioether (sulfide) groups is 1. The number of aliphatic hydroxyl groups is 1. The minimum absolute atomic E-state index is 0.0726. The van der Waals surface area contributed by atoms with Gasteiger partial charge in [-0.3, -0.25) is 14.9 Å². The van der Waals surface area contributed by atoms with Crippen LogP contribution in [0, 0.1) is 17.0 Å². The number of aliphatic hydroxyl groups excluding tert-OH is 1. The van der Waals surface area contributed by atoms with Crippen LogP contribution in [0.3, 0.4) is 0 Å². The maximum atomic E-state index is 14.1. The number of hydrogen-bond acceptors (Lipinski definition) is 11. The smallest absolute Gasteiger partial charge is 0.339 e. The van der Waals surface area contributed by atoms with Crippen LogP contribution in [-0.2, 0) is 31.4 Å². The molecule has 12 nitrogen and oxygen atoms in total. The molecule has 2 atom stereocenters. The Morgan fingerprint density at radius 1 is 0.960 bits per heavy atom. The number of rotatable bonds is 15. The van der Waals surface area contributed by atoms with Crippen molar-refractivity contribution in [1.82, 2.24) is 5.32 Å². The van der Waals surface area contributed by atoms with Crippen molar-refractivity contribution in [3.63, 3.8) is 0 Å².